The standard InChI is InChI=1S/C12H13N3O2S/c1-18-8-7-14-11-5-4-10-9(3-2-6-13-10)12(11)15(16)17/h2-6,14H,7-8H2,1H3. The Bertz CT molecular complexity index is 574. The number of pyridine rings is 1. The molecule has 0 saturated heterocycles. The van der Waals surface area contributed by atoms with Gasteiger partial charge in [0.15, 0.2) is 0 Å². The van der Waals surface area contributed by atoms with E-state index in [0.29, 0.717) is 23.1 Å². The van der Waals surface area contributed by atoms with Crippen molar-refractivity contribution in [3.8, 4) is 0 Å². The van der Waals surface area contributed by atoms with E-state index in [1.807, 2.05) is 6.26 Å². The first-order valence-electron chi connectivity index (χ1n) is 5.49. The molecule has 0 spiro atoms. The molecule has 0 atom stereocenters. The minimum absolute atomic E-state index is 0.0988. The third-order valence-electron chi connectivity index (χ3n) is 2.56. The normalized spacial score (nSPS) is 10.5. The van der Waals surface area contributed by atoms with Gasteiger partial charge < -0.3 is 5.32 Å². The molecular formula is C12H13N3O2S. The number of nitro groups is 1. The zero-order chi connectivity index (χ0) is 13.0. The molecule has 0 aliphatic rings. The van der Waals surface area contributed by atoms with E-state index < -0.39 is 0 Å². The van der Waals surface area contributed by atoms with Crippen LogP contribution in [0.4, 0.5) is 11.4 Å². The van der Waals surface area contributed by atoms with E-state index in [0.717, 1.165) is 5.75 Å². The first-order chi connectivity index (χ1) is 8.74. The van der Waals surface area contributed by atoms with Crippen molar-refractivity contribution in [1.82, 2.24) is 4.98 Å². The highest BCUT2D eigenvalue weighted by atomic mass is 32.2. The lowest BCUT2D eigenvalue weighted by atomic mass is 10.1. The molecule has 0 unspecified atom stereocenters. The predicted octanol–water partition coefficient (Wildman–Crippen LogP) is 2.92. The minimum Gasteiger partial charge on any atom is -0.379 e. The number of hydrogen-bond donors (Lipinski definition) is 1. The lowest BCUT2D eigenvalue weighted by Gasteiger charge is -2.08. The van der Waals surface area contributed by atoms with Gasteiger partial charge in [0.1, 0.15) is 5.69 Å². The topological polar surface area (TPSA) is 68.1 Å². The van der Waals surface area contributed by atoms with Gasteiger partial charge in [-0.2, -0.15) is 11.8 Å². The molecule has 2 aromatic rings. The van der Waals surface area contributed by atoms with Crippen molar-refractivity contribution in [2.75, 3.05) is 23.9 Å². The fourth-order valence-corrected chi connectivity index (χ4v) is 2.07. The highest BCUT2D eigenvalue weighted by Gasteiger charge is 2.18. The highest BCUT2D eigenvalue weighted by Crippen LogP contribution is 2.32. The Balaban J connectivity index is 2.46. The molecule has 0 aliphatic carbocycles. The number of nitro benzene ring substituents is 1. The van der Waals surface area contributed by atoms with Crippen molar-refractivity contribution in [3.05, 3.63) is 40.6 Å². The van der Waals surface area contributed by atoms with E-state index in [2.05, 4.69) is 10.3 Å². The van der Waals surface area contributed by atoms with Gasteiger partial charge in [-0.3, -0.25) is 15.1 Å². The maximum Gasteiger partial charge on any atom is 0.301 e. The van der Waals surface area contributed by atoms with E-state index >= 15 is 0 Å². The third kappa shape index (κ3) is 2.53. The molecule has 5 nitrogen and oxygen atoms in total. The number of nitrogens with one attached hydrogen (secondary N) is 1. The Morgan fingerprint density at radius 1 is 1.44 bits per heavy atom. The van der Waals surface area contributed by atoms with E-state index in [1.165, 1.54) is 0 Å². The maximum absolute atomic E-state index is 11.2. The van der Waals surface area contributed by atoms with Crippen molar-refractivity contribution in [3.63, 3.8) is 0 Å². The Morgan fingerprint density at radius 2 is 2.28 bits per heavy atom. The van der Waals surface area contributed by atoms with Crippen LogP contribution in [-0.4, -0.2) is 28.5 Å². The summed E-state index contributed by atoms with van der Waals surface area (Å²) in [5.74, 6) is 0.905. The molecule has 0 aliphatic heterocycles. The van der Waals surface area contributed by atoms with Gasteiger partial charge in [0.05, 0.1) is 15.8 Å². The molecule has 6 heteroatoms. The van der Waals surface area contributed by atoms with Crippen LogP contribution in [0.25, 0.3) is 10.9 Å². The molecule has 1 N–H and O–H groups in total. The minimum atomic E-state index is -0.356. The quantitative estimate of drug-likeness (QED) is 0.510. The second-order valence-electron chi connectivity index (χ2n) is 3.71. The largest absolute Gasteiger partial charge is 0.379 e. The fraction of sp³-hybridized carbons (Fsp3) is 0.250. The number of rotatable bonds is 5. The predicted molar refractivity (Wildman–Crippen MR) is 75.3 cm³/mol. The van der Waals surface area contributed by atoms with Gasteiger partial charge in [0, 0.05) is 18.5 Å². The van der Waals surface area contributed by atoms with E-state index in [-0.39, 0.29) is 10.6 Å². The SMILES string of the molecule is CSCCNc1ccc2ncccc2c1[N+](=O)[O-]. The van der Waals surface area contributed by atoms with Crippen LogP contribution in [0.15, 0.2) is 30.5 Å². The Labute approximate surface area is 109 Å². The number of benzene rings is 1. The molecule has 94 valence electrons. The zero-order valence-electron chi connectivity index (χ0n) is 9.92. The Kier molecular flexibility index (Phi) is 3.99. The van der Waals surface area contributed by atoms with Crippen LogP contribution < -0.4 is 5.32 Å². The van der Waals surface area contributed by atoms with Gasteiger partial charge in [-0.1, -0.05) is 0 Å². The Hall–Kier alpha value is -1.82. The molecular weight excluding hydrogens is 250 g/mol. The second kappa shape index (κ2) is 5.68. The first kappa shape index (κ1) is 12.6. The van der Waals surface area contributed by atoms with Crippen molar-refractivity contribution < 1.29 is 4.92 Å². The summed E-state index contributed by atoms with van der Waals surface area (Å²) in [5, 5.41) is 14.9. The van der Waals surface area contributed by atoms with Crippen molar-refractivity contribution in [2.45, 2.75) is 0 Å². The molecule has 0 fully saturated rings. The van der Waals surface area contributed by atoms with Crippen LogP contribution in [0.5, 0.6) is 0 Å². The van der Waals surface area contributed by atoms with Gasteiger partial charge in [-0.05, 0) is 30.5 Å². The molecule has 1 aromatic carbocycles. The van der Waals surface area contributed by atoms with Crippen LogP contribution in [0.1, 0.15) is 0 Å². The van der Waals surface area contributed by atoms with Gasteiger partial charge in [-0.25, -0.2) is 0 Å². The van der Waals surface area contributed by atoms with Crippen LogP contribution in [-0.2, 0) is 0 Å². The van der Waals surface area contributed by atoms with E-state index in [9.17, 15) is 10.1 Å². The first-order valence-corrected chi connectivity index (χ1v) is 6.88. The number of fused-ring (bicyclic) bond motifs is 1. The fourth-order valence-electron chi connectivity index (χ4n) is 1.76. The lowest BCUT2D eigenvalue weighted by Crippen LogP contribution is -2.06. The molecule has 0 saturated carbocycles. The molecule has 1 aromatic heterocycles. The van der Waals surface area contributed by atoms with Crippen LogP contribution in [0, 0.1) is 10.1 Å². The van der Waals surface area contributed by atoms with Gasteiger partial charge in [0.25, 0.3) is 0 Å². The Morgan fingerprint density at radius 3 is 3.00 bits per heavy atom. The zero-order valence-corrected chi connectivity index (χ0v) is 10.7. The maximum atomic E-state index is 11.2. The number of aromatic nitrogens is 1. The summed E-state index contributed by atoms with van der Waals surface area (Å²) in [7, 11) is 0. The average Bonchev–Trinajstić information content (AvgIpc) is 2.38. The number of anilines is 1. The highest BCUT2D eigenvalue weighted by molar-refractivity contribution is 7.98. The monoisotopic (exact) mass is 263 g/mol. The van der Waals surface area contributed by atoms with Crippen LogP contribution >= 0.6 is 11.8 Å². The van der Waals surface area contributed by atoms with Crippen molar-refractivity contribution in [2.24, 2.45) is 0 Å². The summed E-state index contributed by atoms with van der Waals surface area (Å²) >= 11 is 1.69. The number of hydrogen-bond acceptors (Lipinski definition) is 5. The molecule has 0 radical (unpaired) electrons. The molecule has 0 amide bonds. The second-order valence-corrected chi connectivity index (χ2v) is 4.69. The molecule has 2 rings (SSSR count). The molecule has 1 heterocycles. The summed E-state index contributed by atoms with van der Waals surface area (Å²) in [6.45, 7) is 0.702. The van der Waals surface area contributed by atoms with Crippen molar-refractivity contribution in [1.29, 1.82) is 0 Å². The summed E-state index contributed by atoms with van der Waals surface area (Å²) in [5.41, 5.74) is 1.29. The summed E-state index contributed by atoms with van der Waals surface area (Å²) < 4.78 is 0. The van der Waals surface area contributed by atoms with Crippen LogP contribution in [0.2, 0.25) is 0 Å². The summed E-state index contributed by atoms with van der Waals surface area (Å²) in [6.07, 6.45) is 3.63. The molecule has 0 bridgehead atoms. The van der Waals surface area contributed by atoms with E-state index in [1.54, 1.807) is 42.2 Å². The van der Waals surface area contributed by atoms with E-state index in [4.69, 9.17) is 0 Å². The van der Waals surface area contributed by atoms with Gasteiger partial charge in [0.2, 0.25) is 0 Å². The summed E-state index contributed by atoms with van der Waals surface area (Å²) in [4.78, 5) is 15.0. The van der Waals surface area contributed by atoms with Gasteiger partial charge >= 0.3 is 5.69 Å². The smallest absolute Gasteiger partial charge is 0.301 e. The number of nitrogens with zero attached hydrogens (tertiary/aromatic N) is 2. The van der Waals surface area contributed by atoms with Crippen LogP contribution in [0.3, 0.4) is 0 Å². The third-order valence-corrected chi connectivity index (χ3v) is 3.17. The van der Waals surface area contributed by atoms with Gasteiger partial charge in [-0.15, -0.1) is 0 Å². The lowest BCUT2D eigenvalue weighted by molar-refractivity contribution is -0.382. The molecule has 18 heavy (non-hydrogen) atoms. The summed E-state index contributed by atoms with van der Waals surface area (Å²) in [6, 6.07) is 6.94. The number of thioether (sulfide) groups is 1. The van der Waals surface area contributed by atoms with Crippen molar-refractivity contribution >= 4 is 34.0 Å². The average molecular weight is 263 g/mol.